The molecule has 2 aromatic carbocycles. The average Bonchev–Trinajstić information content (AvgIpc) is 2.32. The van der Waals surface area contributed by atoms with E-state index in [0.717, 1.165) is 5.69 Å². The molecule has 2 aromatic rings. The van der Waals surface area contributed by atoms with E-state index in [9.17, 15) is 10.2 Å². The van der Waals surface area contributed by atoms with Crippen molar-refractivity contribution < 1.29 is 15.3 Å². The van der Waals surface area contributed by atoms with Gasteiger partial charge in [-0.25, -0.2) is 0 Å². The van der Waals surface area contributed by atoms with Gasteiger partial charge in [-0.05, 0) is 30.3 Å². The van der Waals surface area contributed by atoms with Crippen molar-refractivity contribution in [2.45, 2.75) is 6.54 Å². The van der Waals surface area contributed by atoms with Gasteiger partial charge in [0, 0.05) is 23.9 Å². The van der Waals surface area contributed by atoms with Crippen molar-refractivity contribution in [3.05, 3.63) is 47.0 Å². The smallest absolute Gasteiger partial charge is 0.134 e. The van der Waals surface area contributed by atoms with Crippen molar-refractivity contribution in [1.82, 2.24) is 0 Å². The zero-order valence-electron chi connectivity index (χ0n) is 9.39. The molecule has 0 bridgehead atoms. The zero-order chi connectivity index (χ0) is 13.1. The predicted octanol–water partition coefficient (Wildman–Crippen LogP) is 3.07. The lowest BCUT2D eigenvalue weighted by Crippen LogP contribution is -1.99. The molecule has 0 spiro atoms. The number of rotatable bonds is 3. The molecule has 94 valence electrons. The first kappa shape index (κ1) is 12.4. The third-order valence-electron chi connectivity index (χ3n) is 2.50. The minimum Gasteiger partial charge on any atom is -0.508 e. The van der Waals surface area contributed by atoms with Crippen LogP contribution in [0.5, 0.6) is 17.2 Å². The Kier molecular flexibility index (Phi) is 3.48. The maximum absolute atomic E-state index is 9.60. The second kappa shape index (κ2) is 5.06. The lowest BCUT2D eigenvalue weighted by molar-refractivity contribution is 0.446. The number of nitrogens with one attached hydrogen (secondary N) is 1. The highest BCUT2D eigenvalue weighted by molar-refractivity contribution is 6.32. The topological polar surface area (TPSA) is 72.7 Å². The van der Waals surface area contributed by atoms with Crippen LogP contribution in [0.1, 0.15) is 5.56 Å². The molecular weight excluding hydrogens is 254 g/mol. The Bertz CT molecular complexity index is 572. The first-order valence-corrected chi connectivity index (χ1v) is 5.67. The van der Waals surface area contributed by atoms with Gasteiger partial charge in [0.15, 0.2) is 0 Å². The summed E-state index contributed by atoms with van der Waals surface area (Å²) < 4.78 is 0. The zero-order valence-corrected chi connectivity index (χ0v) is 10.1. The number of phenols is 3. The Morgan fingerprint density at radius 2 is 1.72 bits per heavy atom. The quantitative estimate of drug-likeness (QED) is 0.644. The minimum absolute atomic E-state index is 0.0175. The van der Waals surface area contributed by atoms with Crippen molar-refractivity contribution in [2.75, 3.05) is 5.32 Å². The highest BCUT2D eigenvalue weighted by Crippen LogP contribution is 2.27. The van der Waals surface area contributed by atoms with E-state index in [-0.39, 0.29) is 22.3 Å². The molecule has 2 rings (SSSR count). The van der Waals surface area contributed by atoms with Gasteiger partial charge in [-0.1, -0.05) is 11.6 Å². The van der Waals surface area contributed by atoms with E-state index in [1.165, 1.54) is 18.2 Å². The molecule has 0 saturated carbocycles. The van der Waals surface area contributed by atoms with Crippen molar-refractivity contribution in [1.29, 1.82) is 0 Å². The van der Waals surface area contributed by atoms with E-state index in [4.69, 9.17) is 16.7 Å². The molecule has 0 amide bonds. The van der Waals surface area contributed by atoms with Crippen molar-refractivity contribution >= 4 is 17.3 Å². The van der Waals surface area contributed by atoms with Gasteiger partial charge >= 0.3 is 0 Å². The highest BCUT2D eigenvalue weighted by Gasteiger charge is 2.03. The van der Waals surface area contributed by atoms with E-state index in [1.54, 1.807) is 18.2 Å². The summed E-state index contributed by atoms with van der Waals surface area (Å²) in [6.45, 7) is 0.382. The van der Waals surface area contributed by atoms with Crippen molar-refractivity contribution in [3.8, 4) is 17.2 Å². The maximum Gasteiger partial charge on any atom is 0.134 e. The highest BCUT2D eigenvalue weighted by atomic mass is 35.5. The lowest BCUT2D eigenvalue weighted by atomic mass is 10.2. The van der Waals surface area contributed by atoms with Crippen LogP contribution in [-0.4, -0.2) is 15.3 Å². The van der Waals surface area contributed by atoms with E-state index in [0.29, 0.717) is 12.1 Å². The van der Waals surface area contributed by atoms with Gasteiger partial charge in [-0.15, -0.1) is 0 Å². The van der Waals surface area contributed by atoms with Crippen LogP contribution in [0.2, 0.25) is 5.02 Å². The molecule has 0 aromatic heterocycles. The monoisotopic (exact) mass is 265 g/mol. The fourth-order valence-electron chi connectivity index (χ4n) is 1.52. The van der Waals surface area contributed by atoms with Gasteiger partial charge in [0.25, 0.3) is 0 Å². The summed E-state index contributed by atoms with van der Waals surface area (Å²) in [6, 6.07) is 9.16. The fraction of sp³-hybridized carbons (Fsp3) is 0.0769. The molecule has 0 aliphatic heterocycles. The molecular formula is C13H12ClNO3. The SMILES string of the molecule is Oc1ccc(CNc2ccc(O)c(Cl)c2)c(O)c1. The number of phenolic OH excluding ortho intramolecular Hbond substituents is 3. The predicted molar refractivity (Wildman–Crippen MR) is 70.2 cm³/mol. The Labute approximate surface area is 109 Å². The number of anilines is 1. The van der Waals surface area contributed by atoms with Crippen molar-refractivity contribution in [2.24, 2.45) is 0 Å². The molecule has 0 aliphatic rings. The van der Waals surface area contributed by atoms with Crippen molar-refractivity contribution in [3.63, 3.8) is 0 Å². The third kappa shape index (κ3) is 2.78. The van der Waals surface area contributed by atoms with Crippen LogP contribution in [0.25, 0.3) is 0 Å². The molecule has 0 fully saturated rings. The molecule has 0 heterocycles. The average molecular weight is 266 g/mol. The van der Waals surface area contributed by atoms with E-state index in [2.05, 4.69) is 5.32 Å². The van der Waals surface area contributed by atoms with Gasteiger partial charge in [0.05, 0.1) is 5.02 Å². The minimum atomic E-state index is 0.0175. The number of aromatic hydroxyl groups is 3. The third-order valence-corrected chi connectivity index (χ3v) is 2.80. The number of hydrogen-bond donors (Lipinski definition) is 4. The molecule has 5 heteroatoms. The Balaban J connectivity index is 2.09. The largest absolute Gasteiger partial charge is 0.508 e. The van der Waals surface area contributed by atoms with Crippen LogP contribution in [-0.2, 0) is 6.54 Å². The molecule has 0 unspecified atom stereocenters. The summed E-state index contributed by atoms with van der Waals surface area (Å²) in [7, 11) is 0. The summed E-state index contributed by atoms with van der Waals surface area (Å²) in [5.74, 6) is 0.0611. The van der Waals surface area contributed by atoms with Gasteiger partial charge in [0.2, 0.25) is 0 Å². The summed E-state index contributed by atoms with van der Waals surface area (Å²) in [5, 5.41) is 31.4. The number of halogens is 1. The lowest BCUT2D eigenvalue weighted by Gasteiger charge is -2.09. The molecule has 0 saturated heterocycles. The van der Waals surface area contributed by atoms with Crippen LogP contribution in [0.3, 0.4) is 0 Å². The van der Waals surface area contributed by atoms with Gasteiger partial charge < -0.3 is 20.6 Å². The standard InChI is InChI=1S/C13H12ClNO3/c14-11-5-9(2-4-12(11)17)15-7-8-1-3-10(16)6-13(8)18/h1-6,15-18H,7H2. The Morgan fingerprint density at radius 1 is 0.944 bits per heavy atom. The van der Waals surface area contributed by atoms with Crippen LogP contribution in [0.4, 0.5) is 5.69 Å². The summed E-state index contributed by atoms with van der Waals surface area (Å²) in [5.41, 5.74) is 1.38. The molecule has 0 radical (unpaired) electrons. The van der Waals surface area contributed by atoms with Gasteiger partial charge in [-0.2, -0.15) is 0 Å². The van der Waals surface area contributed by atoms with Crippen LogP contribution in [0, 0.1) is 0 Å². The summed E-state index contributed by atoms with van der Waals surface area (Å²) in [6.07, 6.45) is 0. The second-order valence-corrected chi connectivity index (χ2v) is 4.24. The first-order chi connectivity index (χ1) is 8.56. The first-order valence-electron chi connectivity index (χ1n) is 5.29. The summed E-state index contributed by atoms with van der Waals surface area (Å²) >= 11 is 5.78. The fourth-order valence-corrected chi connectivity index (χ4v) is 1.70. The molecule has 0 atom stereocenters. The molecule has 4 nitrogen and oxygen atoms in total. The van der Waals surface area contributed by atoms with Crippen LogP contribution in [0.15, 0.2) is 36.4 Å². The van der Waals surface area contributed by atoms with E-state index in [1.807, 2.05) is 0 Å². The van der Waals surface area contributed by atoms with Crippen LogP contribution >= 0.6 is 11.6 Å². The van der Waals surface area contributed by atoms with E-state index >= 15 is 0 Å². The van der Waals surface area contributed by atoms with Gasteiger partial charge in [0.1, 0.15) is 17.2 Å². The Morgan fingerprint density at radius 3 is 2.39 bits per heavy atom. The summed E-state index contributed by atoms with van der Waals surface area (Å²) in [4.78, 5) is 0. The molecule has 0 aliphatic carbocycles. The maximum atomic E-state index is 9.60. The van der Waals surface area contributed by atoms with Crippen LogP contribution < -0.4 is 5.32 Å². The van der Waals surface area contributed by atoms with E-state index < -0.39 is 0 Å². The number of hydrogen-bond acceptors (Lipinski definition) is 4. The van der Waals surface area contributed by atoms with Gasteiger partial charge in [-0.3, -0.25) is 0 Å². The second-order valence-electron chi connectivity index (χ2n) is 3.83. The molecule has 18 heavy (non-hydrogen) atoms. The Hall–Kier alpha value is -2.07. The normalized spacial score (nSPS) is 10.3. The number of benzene rings is 2. The molecule has 4 N–H and O–H groups in total.